The minimum absolute atomic E-state index is 0.00156. The molecule has 1 aromatic heterocycles. The van der Waals surface area contributed by atoms with Crippen LogP contribution in [0.1, 0.15) is 5.56 Å². The number of nitrogens with two attached hydrogens (primary N) is 1. The van der Waals surface area contributed by atoms with E-state index in [-0.39, 0.29) is 18.1 Å². The molecule has 21 heavy (non-hydrogen) atoms. The van der Waals surface area contributed by atoms with Crippen LogP contribution >= 0.6 is 15.9 Å². The van der Waals surface area contributed by atoms with Gasteiger partial charge in [0.2, 0.25) is 5.82 Å². The van der Waals surface area contributed by atoms with E-state index < -0.39 is 4.92 Å². The largest absolute Gasteiger partial charge is 0.493 e. The van der Waals surface area contributed by atoms with Crippen LogP contribution in [-0.2, 0) is 6.54 Å². The molecule has 0 fully saturated rings. The van der Waals surface area contributed by atoms with Crippen molar-refractivity contribution < 1.29 is 14.4 Å². The molecule has 0 spiro atoms. The Morgan fingerprint density at radius 1 is 1.38 bits per heavy atom. The van der Waals surface area contributed by atoms with Gasteiger partial charge in [-0.1, -0.05) is 15.9 Å². The Balaban J connectivity index is 2.38. The minimum Gasteiger partial charge on any atom is -0.493 e. The Labute approximate surface area is 128 Å². The molecule has 0 aliphatic carbocycles. The first-order chi connectivity index (χ1) is 9.97. The average molecular weight is 357 g/mol. The number of methoxy groups -OCH3 is 2. The van der Waals surface area contributed by atoms with E-state index in [1.165, 1.54) is 11.8 Å². The first kappa shape index (κ1) is 15.1. The fraction of sp³-hybridized carbons (Fsp3) is 0.250. The molecule has 0 aliphatic heterocycles. The fourth-order valence-corrected chi connectivity index (χ4v) is 2.28. The van der Waals surface area contributed by atoms with Crippen LogP contribution < -0.4 is 15.2 Å². The number of ether oxygens (including phenoxy) is 2. The van der Waals surface area contributed by atoms with Gasteiger partial charge < -0.3 is 15.2 Å². The van der Waals surface area contributed by atoms with Crippen LogP contribution in [-0.4, -0.2) is 28.9 Å². The predicted octanol–water partition coefficient (Wildman–Crippen LogP) is 2.20. The summed E-state index contributed by atoms with van der Waals surface area (Å²) in [5.74, 6) is 1.13. The molecule has 2 rings (SSSR count). The number of nitrogens with zero attached hydrogens (tertiary/aromatic N) is 3. The van der Waals surface area contributed by atoms with E-state index in [4.69, 9.17) is 15.2 Å². The predicted molar refractivity (Wildman–Crippen MR) is 79.6 cm³/mol. The lowest BCUT2D eigenvalue weighted by molar-refractivity contribution is -0.384. The maximum atomic E-state index is 10.8. The van der Waals surface area contributed by atoms with E-state index in [1.807, 2.05) is 0 Å². The molecule has 2 N–H and O–H groups in total. The van der Waals surface area contributed by atoms with E-state index in [0.717, 1.165) is 16.2 Å². The summed E-state index contributed by atoms with van der Waals surface area (Å²) in [6, 6.07) is 3.51. The normalized spacial score (nSPS) is 10.4. The van der Waals surface area contributed by atoms with Gasteiger partial charge in [0.15, 0.2) is 11.5 Å². The summed E-state index contributed by atoms with van der Waals surface area (Å²) in [6.07, 6.45) is 1.13. The van der Waals surface area contributed by atoms with Crippen LogP contribution in [0, 0.1) is 10.1 Å². The summed E-state index contributed by atoms with van der Waals surface area (Å²) in [5.41, 5.74) is 6.30. The molecule has 8 nitrogen and oxygen atoms in total. The van der Waals surface area contributed by atoms with Crippen molar-refractivity contribution in [2.45, 2.75) is 6.54 Å². The van der Waals surface area contributed by atoms with E-state index in [2.05, 4.69) is 21.0 Å². The third-order valence-electron chi connectivity index (χ3n) is 2.93. The Kier molecular flexibility index (Phi) is 4.32. The number of hydrogen-bond donors (Lipinski definition) is 1. The lowest BCUT2D eigenvalue weighted by Crippen LogP contribution is -2.07. The molecule has 0 bridgehead atoms. The summed E-state index contributed by atoms with van der Waals surface area (Å²) in [4.78, 5) is 10.2. The molecule has 9 heteroatoms. The van der Waals surface area contributed by atoms with Crippen molar-refractivity contribution in [3.63, 3.8) is 0 Å². The minimum atomic E-state index is -0.567. The standard InChI is InChI=1S/C12H13BrN4O4/c1-20-10-3-7(8(13)4-11(10)21-2)6-16-12(14)9(5-15-16)17(18)19/h3-5H,6,14H2,1-2H3. The average Bonchev–Trinajstić information content (AvgIpc) is 2.82. The Morgan fingerprint density at radius 2 is 2.00 bits per heavy atom. The van der Waals surface area contributed by atoms with Gasteiger partial charge in [0.05, 0.1) is 25.7 Å². The van der Waals surface area contributed by atoms with Crippen LogP contribution in [0.25, 0.3) is 0 Å². The van der Waals surface area contributed by atoms with Gasteiger partial charge in [-0.15, -0.1) is 0 Å². The molecule has 112 valence electrons. The van der Waals surface area contributed by atoms with Gasteiger partial charge in [-0.25, -0.2) is 4.68 Å². The molecule has 0 atom stereocenters. The van der Waals surface area contributed by atoms with E-state index in [1.54, 1.807) is 19.2 Å². The van der Waals surface area contributed by atoms with Crippen LogP contribution in [0.15, 0.2) is 22.8 Å². The van der Waals surface area contributed by atoms with Crippen molar-refractivity contribution in [2.75, 3.05) is 20.0 Å². The topological polar surface area (TPSA) is 105 Å². The highest BCUT2D eigenvalue weighted by Gasteiger charge is 2.19. The smallest absolute Gasteiger partial charge is 0.330 e. The number of nitrogen functional groups attached to an aromatic ring is 1. The first-order valence-corrected chi connectivity index (χ1v) is 6.63. The number of rotatable bonds is 5. The van der Waals surface area contributed by atoms with Gasteiger partial charge in [-0.3, -0.25) is 10.1 Å². The zero-order valence-corrected chi connectivity index (χ0v) is 13.0. The molecular formula is C12H13BrN4O4. The zero-order chi connectivity index (χ0) is 15.6. The summed E-state index contributed by atoms with van der Waals surface area (Å²) in [5, 5.41) is 14.7. The summed E-state index contributed by atoms with van der Waals surface area (Å²) in [7, 11) is 3.07. The van der Waals surface area contributed by atoms with Gasteiger partial charge in [0, 0.05) is 4.47 Å². The number of benzene rings is 1. The number of halogens is 1. The lowest BCUT2D eigenvalue weighted by atomic mass is 10.2. The van der Waals surface area contributed by atoms with Crippen molar-refractivity contribution in [3.8, 4) is 11.5 Å². The van der Waals surface area contributed by atoms with E-state index >= 15 is 0 Å². The molecule has 0 saturated carbocycles. The second-order valence-electron chi connectivity index (χ2n) is 4.13. The molecule has 1 heterocycles. The highest BCUT2D eigenvalue weighted by atomic mass is 79.9. The van der Waals surface area contributed by atoms with Gasteiger partial charge in [0.1, 0.15) is 6.20 Å². The Morgan fingerprint density at radius 3 is 2.52 bits per heavy atom. The quantitative estimate of drug-likeness (QED) is 0.650. The van der Waals surface area contributed by atoms with Crippen molar-refractivity contribution >= 4 is 27.4 Å². The molecule has 1 aromatic carbocycles. The highest BCUT2D eigenvalue weighted by Crippen LogP contribution is 2.34. The zero-order valence-electron chi connectivity index (χ0n) is 11.4. The maximum Gasteiger partial charge on any atom is 0.330 e. The molecule has 0 aliphatic rings. The van der Waals surface area contributed by atoms with Crippen LogP contribution in [0.4, 0.5) is 11.5 Å². The van der Waals surface area contributed by atoms with Crippen molar-refractivity contribution in [3.05, 3.63) is 38.5 Å². The molecular weight excluding hydrogens is 344 g/mol. The molecule has 0 unspecified atom stereocenters. The van der Waals surface area contributed by atoms with Crippen LogP contribution in [0.2, 0.25) is 0 Å². The molecule has 0 amide bonds. The number of aromatic nitrogens is 2. The highest BCUT2D eigenvalue weighted by molar-refractivity contribution is 9.10. The summed E-state index contributed by atoms with van der Waals surface area (Å²) >= 11 is 3.42. The summed E-state index contributed by atoms with van der Waals surface area (Å²) in [6.45, 7) is 0.264. The second-order valence-corrected chi connectivity index (χ2v) is 4.98. The van der Waals surface area contributed by atoms with Crippen molar-refractivity contribution in [1.82, 2.24) is 9.78 Å². The lowest BCUT2D eigenvalue weighted by Gasteiger charge is -2.12. The first-order valence-electron chi connectivity index (χ1n) is 5.84. The molecule has 0 saturated heterocycles. The SMILES string of the molecule is COc1cc(Br)c(Cn2ncc([N+](=O)[O-])c2N)cc1OC. The van der Waals surface area contributed by atoms with Gasteiger partial charge in [-0.05, 0) is 17.7 Å². The van der Waals surface area contributed by atoms with Crippen molar-refractivity contribution in [1.29, 1.82) is 0 Å². The van der Waals surface area contributed by atoms with Gasteiger partial charge in [-0.2, -0.15) is 5.10 Å². The monoisotopic (exact) mass is 356 g/mol. The third kappa shape index (κ3) is 2.92. The summed E-state index contributed by atoms with van der Waals surface area (Å²) < 4.78 is 12.5. The Bertz CT molecular complexity index is 686. The van der Waals surface area contributed by atoms with Gasteiger partial charge >= 0.3 is 5.69 Å². The van der Waals surface area contributed by atoms with Crippen LogP contribution in [0.3, 0.4) is 0 Å². The van der Waals surface area contributed by atoms with E-state index in [9.17, 15) is 10.1 Å². The Hall–Kier alpha value is -2.29. The fourth-order valence-electron chi connectivity index (χ4n) is 1.83. The van der Waals surface area contributed by atoms with Gasteiger partial charge in [0.25, 0.3) is 0 Å². The maximum absolute atomic E-state index is 10.8. The number of anilines is 1. The second kappa shape index (κ2) is 6.00. The van der Waals surface area contributed by atoms with Crippen molar-refractivity contribution in [2.24, 2.45) is 0 Å². The molecule has 0 radical (unpaired) electrons. The molecule has 2 aromatic rings. The number of nitro groups is 1. The van der Waals surface area contributed by atoms with Crippen LogP contribution in [0.5, 0.6) is 11.5 Å². The van der Waals surface area contributed by atoms with E-state index in [0.29, 0.717) is 11.5 Å². The number of hydrogen-bond acceptors (Lipinski definition) is 6. The third-order valence-corrected chi connectivity index (χ3v) is 3.67.